The van der Waals surface area contributed by atoms with Crippen molar-refractivity contribution in [1.29, 1.82) is 0 Å². The van der Waals surface area contributed by atoms with Crippen LogP contribution >= 0.6 is 0 Å². The van der Waals surface area contributed by atoms with Gasteiger partial charge >= 0.3 is 0 Å². The van der Waals surface area contributed by atoms with Crippen molar-refractivity contribution in [2.75, 3.05) is 18.0 Å². The zero-order valence-corrected chi connectivity index (χ0v) is 16.1. The van der Waals surface area contributed by atoms with Crippen molar-refractivity contribution in [3.05, 3.63) is 62.9 Å². The number of hydrogen-bond donors (Lipinski definition) is 1. The highest BCUT2D eigenvalue weighted by Gasteiger charge is 2.21. The van der Waals surface area contributed by atoms with Gasteiger partial charge < -0.3 is 4.90 Å². The van der Waals surface area contributed by atoms with Crippen molar-refractivity contribution in [3.8, 4) is 11.3 Å². The standard InChI is InChI=1S/C21H24N4O3/c1-3-5-8-13-24(4-2)18-12-11-15(14-19(18)25(27)28)20-16-9-6-7-10-17(16)21(26)23-22-20/h6-7,9-12,14H,3-5,8,13H2,1-2H3,(H,23,26). The zero-order chi connectivity index (χ0) is 20.1. The Morgan fingerprint density at radius 1 is 1.11 bits per heavy atom. The molecule has 2 aromatic carbocycles. The molecule has 28 heavy (non-hydrogen) atoms. The maximum Gasteiger partial charge on any atom is 0.293 e. The second kappa shape index (κ2) is 8.65. The van der Waals surface area contributed by atoms with Crippen LogP contribution in [-0.4, -0.2) is 28.2 Å². The van der Waals surface area contributed by atoms with E-state index in [0.29, 0.717) is 34.3 Å². The molecule has 0 amide bonds. The van der Waals surface area contributed by atoms with Crippen LogP contribution in [0.2, 0.25) is 0 Å². The minimum Gasteiger partial charge on any atom is -0.366 e. The minimum atomic E-state index is -0.352. The van der Waals surface area contributed by atoms with Crippen LogP contribution in [0.1, 0.15) is 33.1 Å². The van der Waals surface area contributed by atoms with E-state index in [1.54, 1.807) is 30.3 Å². The molecule has 0 aliphatic rings. The van der Waals surface area contributed by atoms with Gasteiger partial charge in [-0.05, 0) is 25.5 Å². The highest BCUT2D eigenvalue weighted by molar-refractivity contribution is 5.94. The largest absolute Gasteiger partial charge is 0.366 e. The third kappa shape index (κ3) is 3.88. The van der Waals surface area contributed by atoms with Crippen molar-refractivity contribution in [1.82, 2.24) is 10.2 Å². The monoisotopic (exact) mass is 380 g/mol. The molecule has 1 N–H and O–H groups in total. The van der Waals surface area contributed by atoms with Gasteiger partial charge in [0.1, 0.15) is 5.69 Å². The lowest BCUT2D eigenvalue weighted by atomic mass is 10.0. The van der Waals surface area contributed by atoms with Gasteiger partial charge in [-0.15, -0.1) is 0 Å². The Labute approximate surface area is 163 Å². The van der Waals surface area contributed by atoms with E-state index >= 15 is 0 Å². The first-order chi connectivity index (χ1) is 13.6. The summed E-state index contributed by atoms with van der Waals surface area (Å²) < 4.78 is 0. The smallest absolute Gasteiger partial charge is 0.293 e. The lowest BCUT2D eigenvalue weighted by molar-refractivity contribution is -0.384. The van der Waals surface area contributed by atoms with E-state index in [-0.39, 0.29) is 16.2 Å². The number of H-pyrrole nitrogens is 1. The molecule has 0 aliphatic carbocycles. The van der Waals surface area contributed by atoms with Crippen molar-refractivity contribution >= 4 is 22.1 Å². The summed E-state index contributed by atoms with van der Waals surface area (Å²) in [5.74, 6) is 0. The van der Waals surface area contributed by atoms with Crippen molar-refractivity contribution in [2.45, 2.75) is 33.1 Å². The summed E-state index contributed by atoms with van der Waals surface area (Å²) in [6, 6.07) is 12.3. The number of hydrogen-bond acceptors (Lipinski definition) is 5. The predicted octanol–water partition coefficient (Wildman–Crippen LogP) is 4.51. The van der Waals surface area contributed by atoms with Crippen LogP contribution in [0.5, 0.6) is 0 Å². The summed E-state index contributed by atoms with van der Waals surface area (Å²) in [5.41, 5.74) is 1.51. The summed E-state index contributed by atoms with van der Waals surface area (Å²) in [5, 5.41) is 19.6. The fourth-order valence-corrected chi connectivity index (χ4v) is 3.42. The molecular weight excluding hydrogens is 356 g/mol. The molecule has 1 heterocycles. The van der Waals surface area contributed by atoms with Crippen LogP contribution in [0.4, 0.5) is 11.4 Å². The fourth-order valence-electron chi connectivity index (χ4n) is 3.42. The molecule has 0 bridgehead atoms. The number of nitrogens with zero attached hydrogens (tertiary/aromatic N) is 3. The Hall–Kier alpha value is -3.22. The Balaban J connectivity index is 2.08. The summed E-state index contributed by atoms with van der Waals surface area (Å²) >= 11 is 0. The van der Waals surface area contributed by atoms with Gasteiger partial charge in [0.05, 0.1) is 16.0 Å². The third-order valence-corrected chi connectivity index (χ3v) is 4.90. The highest BCUT2D eigenvalue weighted by Crippen LogP contribution is 2.34. The summed E-state index contributed by atoms with van der Waals surface area (Å²) in [6.45, 7) is 5.61. The van der Waals surface area contributed by atoms with Gasteiger partial charge in [-0.25, -0.2) is 5.10 Å². The molecule has 0 aliphatic heterocycles. The second-order valence-electron chi connectivity index (χ2n) is 6.69. The number of aromatic nitrogens is 2. The van der Waals surface area contributed by atoms with E-state index in [1.807, 2.05) is 24.0 Å². The van der Waals surface area contributed by atoms with E-state index in [0.717, 1.165) is 25.8 Å². The second-order valence-corrected chi connectivity index (χ2v) is 6.69. The maximum atomic E-state index is 12.0. The number of rotatable bonds is 8. The fraction of sp³-hybridized carbons (Fsp3) is 0.333. The Morgan fingerprint density at radius 2 is 1.86 bits per heavy atom. The molecule has 7 nitrogen and oxygen atoms in total. The van der Waals surface area contributed by atoms with E-state index in [9.17, 15) is 14.9 Å². The average Bonchev–Trinajstić information content (AvgIpc) is 2.71. The van der Waals surface area contributed by atoms with Crippen molar-refractivity contribution in [2.24, 2.45) is 0 Å². The lowest BCUT2D eigenvalue weighted by Crippen LogP contribution is -2.24. The molecule has 0 spiro atoms. The van der Waals surface area contributed by atoms with Crippen LogP contribution in [0.15, 0.2) is 47.3 Å². The van der Waals surface area contributed by atoms with Crippen molar-refractivity contribution in [3.63, 3.8) is 0 Å². The zero-order valence-electron chi connectivity index (χ0n) is 16.1. The van der Waals surface area contributed by atoms with E-state index < -0.39 is 0 Å². The summed E-state index contributed by atoms with van der Waals surface area (Å²) in [4.78, 5) is 25.5. The predicted molar refractivity (Wildman–Crippen MR) is 112 cm³/mol. The number of anilines is 1. The van der Waals surface area contributed by atoms with Crippen LogP contribution < -0.4 is 10.5 Å². The highest BCUT2D eigenvalue weighted by atomic mass is 16.6. The SMILES string of the molecule is CCCCCN(CC)c1ccc(-c2n[nH]c(=O)c3ccccc23)cc1[N+](=O)[O-]. The first-order valence-electron chi connectivity index (χ1n) is 9.58. The van der Waals surface area contributed by atoms with Gasteiger partial charge in [0.25, 0.3) is 11.2 Å². The summed E-state index contributed by atoms with van der Waals surface area (Å²) in [7, 11) is 0. The normalized spacial score (nSPS) is 10.9. The van der Waals surface area contributed by atoms with Gasteiger partial charge in [-0.2, -0.15) is 5.10 Å². The molecule has 0 fully saturated rings. The molecule has 3 aromatic rings. The molecule has 0 atom stereocenters. The van der Waals surface area contributed by atoms with Gasteiger partial charge in [0, 0.05) is 30.1 Å². The molecule has 0 saturated carbocycles. The Kier molecular flexibility index (Phi) is 6.03. The maximum absolute atomic E-state index is 12.0. The van der Waals surface area contributed by atoms with Gasteiger partial charge in [0.15, 0.2) is 0 Å². The third-order valence-electron chi connectivity index (χ3n) is 4.90. The quantitative estimate of drug-likeness (QED) is 0.352. The first-order valence-corrected chi connectivity index (χ1v) is 9.58. The molecule has 0 unspecified atom stereocenters. The Morgan fingerprint density at radius 3 is 2.54 bits per heavy atom. The molecule has 3 rings (SSSR count). The first kappa shape index (κ1) is 19.5. The number of aromatic amines is 1. The molecule has 0 radical (unpaired) electrons. The van der Waals surface area contributed by atoms with Crippen LogP contribution in [-0.2, 0) is 0 Å². The van der Waals surface area contributed by atoms with Crippen LogP contribution in [0.3, 0.4) is 0 Å². The van der Waals surface area contributed by atoms with Gasteiger partial charge in [-0.1, -0.05) is 44.0 Å². The van der Waals surface area contributed by atoms with Crippen molar-refractivity contribution < 1.29 is 4.92 Å². The molecule has 146 valence electrons. The van der Waals surface area contributed by atoms with Crippen LogP contribution in [0.25, 0.3) is 22.0 Å². The molecule has 1 aromatic heterocycles. The molecule has 0 saturated heterocycles. The number of benzene rings is 2. The molecule has 7 heteroatoms. The van der Waals surface area contributed by atoms with Gasteiger partial charge in [-0.3, -0.25) is 14.9 Å². The Bertz CT molecular complexity index is 1050. The van der Waals surface area contributed by atoms with Crippen LogP contribution in [0, 0.1) is 10.1 Å². The van der Waals surface area contributed by atoms with E-state index in [1.165, 1.54) is 0 Å². The van der Waals surface area contributed by atoms with Gasteiger partial charge in [0.2, 0.25) is 0 Å². The number of fused-ring (bicyclic) bond motifs is 1. The van der Waals surface area contributed by atoms with E-state index in [2.05, 4.69) is 17.1 Å². The molecular formula is C21H24N4O3. The number of nitrogens with one attached hydrogen (secondary N) is 1. The number of unbranched alkanes of at least 4 members (excludes halogenated alkanes) is 2. The minimum absolute atomic E-state index is 0.0490. The average molecular weight is 380 g/mol. The lowest BCUT2D eigenvalue weighted by Gasteiger charge is -2.23. The van der Waals surface area contributed by atoms with E-state index in [4.69, 9.17) is 0 Å². The summed E-state index contributed by atoms with van der Waals surface area (Å²) in [6.07, 6.45) is 3.19. The number of nitro benzene ring substituents is 1. The number of nitro groups is 1. The topological polar surface area (TPSA) is 92.1 Å².